The lowest BCUT2D eigenvalue weighted by Gasteiger charge is -2.38. The van der Waals surface area contributed by atoms with Gasteiger partial charge >= 0.3 is 0 Å². The molecule has 3 aliphatic rings. The number of hydrazone groups is 1. The van der Waals surface area contributed by atoms with Crippen molar-refractivity contribution in [2.45, 2.75) is 70.0 Å². The van der Waals surface area contributed by atoms with Crippen LogP contribution in [0.25, 0.3) is 0 Å². The summed E-state index contributed by atoms with van der Waals surface area (Å²) in [4.78, 5) is 2.54. The van der Waals surface area contributed by atoms with E-state index in [-0.39, 0.29) is 0 Å². The molecule has 1 aromatic carbocycles. The quantitative estimate of drug-likeness (QED) is 0.893. The summed E-state index contributed by atoms with van der Waals surface area (Å²) in [5.74, 6) is 1.22. The molecule has 4 nitrogen and oxygen atoms in total. The Morgan fingerprint density at radius 3 is 2.64 bits per heavy atom. The lowest BCUT2D eigenvalue weighted by atomic mass is 9.94. The number of likely N-dealkylation sites (tertiary alicyclic amines) is 1. The van der Waals surface area contributed by atoms with Crippen LogP contribution < -0.4 is 5.32 Å². The summed E-state index contributed by atoms with van der Waals surface area (Å²) in [6.07, 6.45) is 10.6. The van der Waals surface area contributed by atoms with Gasteiger partial charge in [0, 0.05) is 30.7 Å². The van der Waals surface area contributed by atoms with E-state index in [1.165, 1.54) is 68.3 Å². The van der Waals surface area contributed by atoms with Crippen LogP contribution in [0.1, 0.15) is 62.5 Å². The van der Waals surface area contributed by atoms with Crippen LogP contribution in [0.3, 0.4) is 0 Å². The van der Waals surface area contributed by atoms with Crippen molar-refractivity contribution in [3.8, 4) is 0 Å². The maximum Gasteiger partial charge on any atom is 0.156 e. The number of rotatable bonds is 2. The van der Waals surface area contributed by atoms with E-state index in [2.05, 4.69) is 46.5 Å². The number of nitrogens with one attached hydrogen (secondary N) is 1. The normalized spacial score (nSPS) is 25.3. The van der Waals surface area contributed by atoms with E-state index < -0.39 is 0 Å². The second-order valence-corrected chi connectivity index (χ2v) is 7.90. The van der Waals surface area contributed by atoms with Crippen molar-refractivity contribution in [1.29, 1.82) is 0 Å². The monoisotopic (exact) mass is 340 g/mol. The first kappa shape index (κ1) is 16.9. The van der Waals surface area contributed by atoms with Gasteiger partial charge in [0.05, 0.1) is 6.54 Å². The van der Waals surface area contributed by atoms with Gasteiger partial charge in [0.2, 0.25) is 0 Å². The zero-order valence-corrected chi connectivity index (χ0v) is 15.6. The first-order valence-corrected chi connectivity index (χ1v) is 10.2. The summed E-state index contributed by atoms with van der Waals surface area (Å²) >= 11 is 0. The van der Waals surface area contributed by atoms with Crippen LogP contribution in [-0.2, 0) is 6.54 Å². The standard InChI is InChI=1S/C21H32N4/c1-22-18-10-7-8-14-24(16-18)21-20-13-6-5-9-17(20)15-25(23-21)19-11-3-2-4-12-19/h5-6,9,13,18-19,22H,2-4,7-8,10-12,14-16H2,1H3/t18-/m0/s1. The largest absolute Gasteiger partial charge is 0.353 e. The highest BCUT2D eigenvalue weighted by Gasteiger charge is 2.29. The molecule has 4 heteroatoms. The van der Waals surface area contributed by atoms with Gasteiger partial charge in [-0.25, -0.2) is 0 Å². The van der Waals surface area contributed by atoms with E-state index in [4.69, 9.17) is 5.10 Å². The number of hydrogen-bond donors (Lipinski definition) is 1. The number of likely N-dealkylation sites (N-methyl/N-ethyl adjacent to an activating group) is 1. The van der Waals surface area contributed by atoms with Crippen LogP contribution in [0.5, 0.6) is 0 Å². The van der Waals surface area contributed by atoms with Crippen LogP contribution >= 0.6 is 0 Å². The molecule has 2 fully saturated rings. The average Bonchev–Trinajstić information content (AvgIpc) is 2.93. The molecule has 2 aliphatic heterocycles. The van der Waals surface area contributed by atoms with Gasteiger partial charge in [0.25, 0.3) is 0 Å². The SMILES string of the molecule is CN[C@H]1CCCCN(C2=NN(C3CCCCC3)Cc3ccccc32)C1. The van der Waals surface area contributed by atoms with Crippen molar-refractivity contribution < 1.29 is 0 Å². The molecule has 2 heterocycles. The molecule has 4 rings (SSSR count). The fraction of sp³-hybridized carbons (Fsp3) is 0.667. The molecule has 0 aromatic heterocycles. The highest BCUT2D eigenvalue weighted by molar-refractivity contribution is 6.00. The fourth-order valence-electron chi connectivity index (χ4n) is 4.66. The Balaban J connectivity index is 1.64. The van der Waals surface area contributed by atoms with Gasteiger partial charge in [-0.3, -0.25) is 5.01 Å². The molecular formula is C21H32N4. The van der Waals surface area contributed by atoms with Crippen molar-refractivity contribution in [3.63, 3.8) is 0 Å². The Kier molecular flexibility index (Phi) is 5.25. The van der Waals surface area contributed by atoms with E-state index in [0.717, 1.165) is 19.6 Å². The Morgan fingerprint density at radius 2 is 1.80 bits per heavy atom. The van der Waals surface area contributed by atoms with Gasteiger partial charge in [-0.15, -0.1) is 0 Å². The smallest absolute Gasteiger partial charge is 0.156 e. The molecule has 0 unspecified atom stereocenters. The van der Waals surface area contributed by atoms with Gasteiger partial charge < -0.3 is 10.2 Å². The first-order chi connectivity index (χ1) is 12.3. The van der Waals surface area contributed by atoms with Crippen LogP contribution in [-0.4, -0.2) is 48.0 Å². The summed E-state index contributed by atoms with van der Waals surface area (Å²) in [5.41, 5.74) is 2.80. The maximum atomic E-state index is 5.23. The molecule has 0 bridgehead atoms. The number of amidine groups is 1. The third-order valence-electron chi connectivity index (χ3n) is 6.19. The Hall–Kier alpha value is -1.55. The molecule has 0 spiro atoms. The highest BCUT2D eigenvalue weighted by atomic mass is 15.5. The molecule has 1 aliphatic carbocycles. The first-order valence-electron chi connectivity index (χ1n) is 10.2. The second-order valence-electron chi connectivity index (χ2n) is 7.90. The summed E-state index contributed by atoms with van der Waals surface area (Å²) in [5, 5.41) is 11.1. The predicted octanol–water partition coefficient (Wildman–Crippen LogP) is 3.57. The maximum absolute atomic E-state index is 5.23. The van der Waals surface area contributed by atoms with Gasteiger partial charge in [-0.05, 0) is 38.3 Å². The minimum atomic E-state index is 0.572. The van der Waals surface area contributed by atoms with Crippen molar-refractivity contribution in [1.82, 2.24) is 15.2 Å². The highest BCUT2D eigenvalue weighted by Crippen LogP contribution is 2.29. The van der Waals surface area contributed by atoms with E-state index in [9.17, 15) is 0 Å². The van der Waals surface area contributed by atoms with Crippen LogP contribution in [0.4, 0.5) is 0 Å². The van der Waals surface area contributed by atoms with Crippen molar-refractivity contribution in [2.24, 2.45) is 5.10 Å². The number of nitrogens with zero attached hydrogens (tertiary/aromatic N) is 3. The molecule has 0 amide bonds. The third kappa shape index (κ3) is 3.69. The summed E-state index contributed by atoms with van der Waals surface area (Å²) < 4.78 is 0. The second kappa shape index (κ2) is 7.77. The third-order valence-corrected chi connectivity index (χ3v) is 6.19. The van der Waals surface area contributed by atoms with Gasteiger partial charge in [-0.2, -0.15) is 5.10 Å². The van der Waals surface area contributed by atoms with Crippen LogP contribution in [0, 0.1) is 0 Å². The van der Waals surface area contributed by atoms with E-state index in [0.29, 0.717) is 12.1 Å². The average molecular weight is 341 g/mol. The Bertz CT molecular complexity index is 606. The van der Waals surface area contributed by atoms with Gasteiger partial charge in [0.1, 0.15) is 0 Å². The minimum absolute atomic E-state index is 0.572. The predicted molar refractivity (Wildman–Crippen MR) is 104 cm³/mol. The van der Waals surface area contributed by atoms with Crippen molar-refractivity contribution in [3.05, 3.63) is 35.4 Å². The summed E-state index contributed by atoms with van der Waals surface area (Å²) in [6, 6.07) is 10.1. The zero-order chi connectivity index (χ0) is 17.1. The molecular weight excluding hydrogens is 308 g/mol. The minimum Gasteiger partial charge on any atom is -0.353 e. The number of benzene rings is 1. The van der Waals surface area contributed by atoms with Crippen molar-refractivity contribution >= 4 is 5.84 Å². The summed E-state index contributed by atoms with van der Waals surface area (Å²) in [6.45, 7) is 3.18. The van der Waals surface area contributed by atoms with E-state index in [1.54, 1.807) is 0 Å². The Morgan fingerprint density at radius 1 is 1.00 bits per heavy atom. The molecule has 1 saturated heterocycles. The molecule has 1 atom stereocenters. The zero-order valence-electron chi connectivity index (χ0n) is 15.6. The van der Waals surface area contributed by atoms with E-state index in [1.807, 2.05) is 0 Å². The molecule has 0 radical (unpaired) electrons. The van der Waals surface area contributed by atoms with Crippen molar-refractivity contribution in [2.75, 3.05) is 20.1 Å². The topological polar surface area (TPSA) is 30.9 Å². The lowest BCUT2D eigenvalue weighted by molar-refractivity contribution is 0.147. The van der Waals surface area contributed by atoms with Crippen LogP contribution in [0.2, 0.25) is 0 Å². The van der Waals surface area contributed by atoms with Gasteiger partial charge in [-0.1, -0.05) is 49.9 Å². The Labute approximate surface area is 152 Å². The number of fused-ring (bicyclic) bond motifs is 1. The number of hydrogen-bond acceptors (Lipinski definition) is 4. The van der Waals surface area contributed by atoms with Crippen LogP contribution in [0.15, 0.2) is 29.4 Å². The van der Waals surface area contributed by atoms with E-state index >= 15 is 0 Å². The molecule has 1 aromatic rings. The molecule has 1 N–H and O–H groups in total. The fourth-order valence-corrected chi connectivity index (χ4v) is 4.66. The molecule has 136 valence electrons. The molecule has 25 heavy (non-hydrogen) atoms. The summed E-state index contributed by atoms with van der Waals surface area (Å²) in [7, 11) is 2.10. The lowest BCUT2D eigenvalue weighted by Crippen LogP contribution is -2.45. The van der Waals surface area contributed by atoms with Gasteiger partial charge in [0.15, 0.2) is 5.84 Å². The molecule has 1 saturated carbocycles.